The second kappa shape index (κ2) is 6.99. The molecule has 1 amide bonds. The van der Waals surface area contributed by atoms with E-state index in [1.165, 1.54) is 24.2 Å². The van der Waals surface area contributed by atoms with Gasteiger partial charge in [-0.25, -0.2) is 0 Å². The summed E-state index contributed by atoms with van der Waals surface area (Å²) in [5, 5.41) is 16.8. The molecule has 2 bridgehead atoms. The van der Waals surface area contributed by atoms with E-state index in [0.29, 0.717) is 31.0 Å². The maximum Gasteiger partial charge on any atom is 0.220 e. The van der Waals surface area contributed by atoms with Crippen LogP contribution in [0.2, 0.25) is 0 Å². The molecule has 2 aromatic rings. The third-order valence-corrected chi connectivity index (χ3v) is 5.94. The SMILES string of the molecule is O=C(CC1CC2CCC(C1)N2)NCc1nnc(-c2ccccc2)s1. The Bertz CT molecular complexity index is 690. The van der Waals surface area contributed by atoms with Crippen LogP contribution in [-0.4, -0.2) is 28.2 Å². The summed E-state index contributed by atoms with van der Waals surface area (Å²) >= 11 is 1.54. The fourth-order valence-corrected chi connectivity index (χ4v) is 4.66. The molecule has 2 aliphatic rings. The highest BCUT2D eigenvalue weighted by molar-refractivity contribution is 7.14. The summed E-state index contributed by atoms with van der Waals surface area (Å²) in [6, 6.07) is 11.3. The number of carbonyl (C=O) groups excluding carboxylic acids is 1. The van der Waals surface area contributed by atoms with Crippen LogP contribution in [0.5, 0.6) is 0 Å². The lowest BCUT2D eigenvalue weighted by Crippen LogP contribution is -2.39. The summed E-state index contributed by atoms with van der Waals surface area (Å²) in [5.41, 5.74) is 1.07. The minimum Gasteiger partial charge on any atom is -0.350 e. The van der Waals surface area contributed by atoms with Crippen molar-refractivity contribution < 1.29 is 4.79 Å². The Hall–Kier alpha value is -1.79. The lowest BCUT2D eigenvalue weighted by Gasteiger charge is -2.28. The minimum absolute atomic E-state index is 0.137. The van der Waals surface area contributed by atoms with Gasteiger partial charge in [-0.1, -0.05) is 41.7 Å². The highest BCUT2D eigenvalue weighted by Crippen LogP contribution is 2.32. The van der Waals surface area contributed by atoms with Gasteiger partial charge >= 0.3 is 0 Å². The average molecular weight is 342 g/mol. The second-order valence-corrected chi connectivity index (χ2v) is 7.89. The molecule has 2 atom stereocenters. The molecule has 0 spiro atoms. The van der Waals surface area contributed by atoms with Crippen molar-refractivity contribution in [2.24, 2.45) is 5.92 Å². The van der Waals surface area contributed by atoms with Crippen LogP contribution in [-0.2, 0) is 11.3 Å². The summed E-state index contributed by atoms with van der Waals surface area (Å²) in [6.07, 6.45) is 5.46. The molecule has 2 fully saturated rings. The normalized spacial score (nSPS) is 25.6. The number of rotatable bonds is 5. The van der Waals surface area contributed by atoms with E-state index in [-0.39, 0.29) is 5.91 Å². The number of nitrogens with one attached hydrogen (secondary N) is 2. The number of carbonyl (C=O) groups is 1. The molecule has 2 unspecified atom stereocenters. The number of benzene rings is 1. The second-order valence-electron chi connectivity index (χ2n) is 6.82. The monoisotopic (exact) mass is 342 g/mol. The predicted molar refractivity (Wildman–Crippen MR) is 94.5 cm³/mol. The van der Waals surface area contributed by atoms with Crippen molar-refractivity contribution in [3.8, 4) is 10.6 Å². The molecule has 2 N–H and O–H groups in total. The van der Waals surface area contributed by atoms with Gasteiger partial charge in [-0.15, -0.1) is 10.2 Å². The van der Waals surface area contributed by atoms with Gasteiger partial charge in [-0.05, 0) is 31.6 Å². The van der Waals surface area contributed by atoms with E-state index in [0.717, 1.165) is 28.4 Å². The lowest BCUT2D eigenvalue weighted by molar-refractivity contribution is -0.122. The van der Waals surface area contributed by atoms with Crippen molar-refractivity contribution >= 4 is 17.2 Å². The standard InChI is InChI=1S/C18H22N4OS/c23-16(10-12-8-14-6-7-15(9-12)20-14)19-11-17-21-22-18(24-17)13-4-2-1-3-5-13/h1-5,12,14-15,20H,6-11H2,(H,19,23). The van der Waals surface area contributed by atoms with Crippen LogP contribution in [0.25, 0.3) is 10.6 Å². The molecule has 1 aromatic heterocycles. The van der Waals surface area contributed by atoms with E-state index in [9.17, 15) is 4.79 Å². The third-order valence-electron chi connectivity index (χ3n) is 4.97. The van der Waals surface area contributed by atoms with Crippen molar-refractivity contribution in [3.63, 3.8) is 0 Å². The first kappa shape index (κ1) is 15.7. The summed E-state index contributed by atoms with van der Waals surface area (Å²) < 4.78 is 0. The van der Waals surface area contributed by atoms with Gasteiger partial charge in [0.25, 0.3) is 0 Å². The van der Waals surface area contributed by atoms with Crippen molar-refractivity contribution in [1.82, 2.24) is 20.8 Å². The first-order chi connectivity index (χ1) is 11.8. The fraction of sp³-hybridized carbons (Fsp3) is 0.500. The Morgan fingerprint density at radius 2 is 1.92 bits per heavy atom. The number of amides is 1. The van der Waals surface area contributed by atoms with Gasteiger partial charge in [0, 0.05) is 24.1 Å². The highest BCUT2D eigenvalue weighted by Gasteiger charge is 2.34. The molecule has 0 aliphatic carbocycles. The van der Waals surface area contributed by atoms with E-state index in [1.807, 2.05) is 30.3 Å². The molecule has 3 heterocycles. The van der Waals surface area contributed by atoms with Crippen LogP contribution >= 0.6 is 11.3 Å². The van der Waals surface area contributed by atoms with Crippen LogP contribution in [0.3, 0.4) is 0 Å². The molecule has 24 heavy (non-hydrogen) atoms. The number of hydrogen-bond donors (Lipinski definition) is 2. The average Bonchev–Trinajstić information content (AvgIpc) is 3.20. The van der Waals surface area contributed by atoms with Crippen molar-refractivity contribution in [3.05, 3.63) is 35.3 Å². The lowest BCUT2D eigenvalue weighted by atomic mass is 9.89. The van der Waals surface area contributed by atoms with E-state index in [1.54, 1.807) is 0 Å². The van der Waals surface area contributed by atoms with Gasteiger partial charge in [0.2, 0.25) is 5.91 Å². The Balaban J connectivity index is 1.28. The van der Waals surface area contributed by atoms with Crippen LogP contribution in [0, 0.1) is 5.92 Å². The summed E-state index contributed by atoms with van der Waals surface area (Å²) in [5.74, 6) is 0.663. The third kappa shape index (κ3) is 3.65. The smallest absolute Gasteiger partial charge is 0.220 e. The maximum atomic E-state index is 12.2. The number of piperidine rings is 1. The van der Waals surface area contributed by atoms with E-state index in [4.69, 9.17) is 0 Å². The molecule has 0 radical (unpaired) electrons. The van der Waals surface area contributed by atoms with Gasteiger partial charge in [0.15, 0.2) is 0 Å². The number of hydrogen-bond acceptors (Lipinski definition) is 5. The zero-order chi connectivity index (χ0) is 16.4. The molecule has 4 rings (SSSR count). The van der Waals surface area contributed by atoms with E-state index >= 15 is 0 Å². The largest absolute Gasteiger partial charge is 0.350 e. The highest BCUT2D eigenvalue weighted by atomic mass is 32.1. The zero-order valence-electron chi connectivity index (χ0n) is 13.6. The Kier molecular flexibility index (Phi) is 4.58. The molecule has 2 saturated heterocycles. The molecular weight excluding hydrogens is 320 g/mol. The fourth-order valence-electron chi connectivity index (χ4n) is 3.87. The summed E-state index contributed by atoms with van der Waals surface area (Å²) in [4.78, 5) is 12.2. The molecule has 6 heteroatoms. The minimum atomic E-state index is 0.137. The van der Waals surface area contributed by atoms with Gasteiger partial charge in [-0.3, -0.25) is 4.79 Å². The van der Waals surface area contributed by atoms with Crippen LogP contribution in [0.1, 0.15) is 37.1 Å². The van der Waals surface area contributed by atoms with Gasteiger partial charge in [0.1, 0.15) is 10.0 Å². The molecule has 126 valence electrons. The zero-order valence-corrected chi connectivity index (χ0v) is 14.4. The van der Waals surface area contributed by atoms with Gasteiger partial charge in [-0.2, -0.15) is 0 Å². The Morgan fingerprint density at radius 1 is 1.17 bits per heavy atom. The molecule has 5 nitrogen and oxygen atoms in total. The van der Waals surface area contributed by atoms with E-state index in [2.05, 4.69) is 20.8 Å². The van der Waals surface area contributed by atoms with Crippen molar-refractivity contribution in [2.45, 2.75) is 50.7 Å². The Labute approximate surface area is 145 Å². The Morgan fingerprint density at radius 3 is 2.67 bits per heavy atom. The van der Waals surface area contributed by atoms with Gasteiger partial charge in [0.05, 0.1) is 6.54 Å². The number of fused-ring (bicyclic) bond motifs is 2. The number of aromatic nitrogens is 2. The number of nitrogens with zero attached hydrogens (tertiary/aromatic N) is 2. The van der Waals surface area contributed by atoms with Gasteiger partial charge < -0.3 is 10.6 Å². The van der Waals surface area contributed by atoms with Crippen molar-refractivity contribution in [2.75, 3.05) is 0 Å². The van der Waals surface area contributed by atoms with E-state index < -0.39 is 0 Å². The molecule has 2 aliphatic heterocycles. The molecule has 1 aromatic carbocycles. The van der Waals surface area contributed by atoms with Crippen molar-refractivity contribution in [1.29, 1.82) is 0 Å². The predicted octanol–water partition coefficient (Wildman–Crippen LogP) is 2.74. The first-order valence-electron chi connectivity index (χ1n) is 8.67. The summed E-state index contributed by atoms with van der Waals surface area (Å²) in [6.45, 7) is 0.473. The molecular formula is C18H22N4OS. The van der Waals surface area contributed by atoms with Crippen LogP contribution in [0.15, 0.2) is 30.3 Å². The maximum absolute atomic E-state index is 12.2. The van der Waals surface area contributed by atoms with Crippen LogP contribution in [0.4, 0.5) is 0 Å². The topological polar surface area (TPSA) is 66.9 Å². The quantitative estimate of drug-likeness (QED) is 0.877. The first-order valence-corrected chi connectivity index (χ1v) is 9.48. The summed E-state index contributed by atoms with van der Waals surface area (Å²) in [7, 11) is 0. The van der Waals surface area contributed by atoms with Crippen LogP contribution < -0.4 is 10.6 Å². The molecule has 0 saturated carbocycles.